The number of H-pyrrole nitrogens is 1. The molecule has 0 radical (unpaired) electrons. The summed E-state index contributed by atoms with van der Waals surface area (Å²) in [6.45, 7) is 0. The summed E-state index contributed by atoms with van der Waals surface area (Å²) in [5.74, 6) is 0. The zero-order chi connectivity index (χ0) is 8.89. The van der Waals surface area contributed by atoms with Gasteiger partial charge in [-0.3, -0.25) is 5.10 Å². The van der Waals surface area contributed by atoms with Crippen LogP contribution in [0.25, 0.3) is 10.9 Å². The summed E-state index contributed by atoms with van der Waals surface area (Å²) in [6.07, 6.45) is 4.01. The first-order valence-electron chi connectivity index (χ1n) is 4.51. The van der Waals surface area contributed by atoms with Crippen molar-refractivity contribution in [1.82, 2.24) is 10.2 Å². The smallest absolute Gasteiger partial charge is 0.0700 e. The second-order valence-corrected chi connectivity index (χ2v) is 3.80. The summed E-state index contributed by atoms with van der Waals surface area (Å²) in [6, 6.07) is 6.18. The summed E-state index contributed by atoms with van der Waals surface area (Å²) < 4.78 is 0. The van der Waals surface area contributed by atoms with E-state index in [1.54, 1.807) is 0 Å². The van der Waals surface area contributed by atoms with E-state index in [1.807, 2.05) is 18.3 Å². The van der Waals surface area contributed by atoms with Gasteiger partial charge in [0.15, 0.2) is 0 Å². The van der Waals surface area contributed by atoms with Crippen molar-refractivity contribution in [2.75, 3.05) is 0 Å². The molecular formula is C10H11N3. The Balaban J connectivity index is 2.33. The Morgan fingerprint density at radius 1 is 1.38 bits per heavy atom. The van der Waals surface area contributed by atoms with Crippen LogP contribution in [0.2, 0.25) is 0 Å². The van der Waals surface area contributed by atoms with Gasteiger partial charge in [0.2, 0.25) is 0 Å². The van der Waals surface area contributed by atoms with Gasteiger partial charge in [-0.1, -0.05) is 18.2 Å². The summed E-state index contributed by atoms with van der Waals surface area (Å²) in [5.41, 5.74) is 8.38. The van der Waals surface area contributed by atoms with E-state index in [2.05, 4.69) is 16.3 Å². The molecule has 3 nitrogen and oxygen atoms in total. The van der Waals surface area contributed by atoms with Crippen LogP contribution >= 0.6 is 0 Å². The fourth-order valence-electron chi connectivity index (χ4n) is 1.79. The van der Waals surface area contributed by atoms with Gasteiger partial charge in [-0.2, -0.15) is 5.10 Å². The average molecular weight is 173 g/mol. The van der Waals surface area contributed by atoms with Gasteiger partial charge in [0.25, 0.3) is 0 Å². The summed E-state index contributed by atoms with van der Waals surface area (Å²) in [5, 5.41) is 8.17. The number of nitrogens with two attached hydrogens (primary N) is 1. The average Bonchev–Trinajstić information content (AvgIpc) is 2.72. The number of aromatic nitrogens is 2. The number of rotatable bonds is 1. The molecule has 3 N–H and O–H groups in total. The molecule has 0 bridgehead atoms. The number of para-hydroxylation sites is 1. The van der Waals surface area contributed by atoms with Crippen LogP contribution in [0.1, 0.15) is 18.4 Å². The van der Waals surface area contributed by atoms with Gasteiger partial charge < -0.3 is 5.73 Å². The van der Waals surface area contributed by atoms with Crippen LogP contribution in [0.4, 0.5) is 0 Å². The minimum atomic E-state index is -0.0773. The summed E-state index contributed by atoms with van der Waals surface area (Å²) in [4.78, 5) is 0. The third kappa shape index (κ3) is 0.906. The van der Waals surface area contributed by atoms with Crippen molar-refractivity contribution in [2.24, 2.45) is 5.73 Å². The molecule has 0 unspecified atom stereocenters. The molecule has 3 heteroatoms. The molecule has 1 heterocycles. The highest BCUT2D eigenvalue weighted by Gasteiger charge is 2.41. The number of nitrogens with one attached hydrogen (secondary N) is 1. The molecule has 13 heavy (non-hydrogen) atoms. The second-order valence-electron chi connectivity index (χ2n) is 3.80. The number of aromatic amines is 1. The molecule has 66 valence electrons. The Bertz CT molecular complexity index is 454. The van der Waals surface area contributed by atoms with Crippen molar-refractivity contribution in [2.45, 2.75) is 18.4 Å². The number of fused-ring (bicyclic) bond motifs is 1. The first-order chi connectivity index (χ1) is 6.30. The van der Waals surface area contributed by atoms with Gasteiger partial charge >= 0.3 is 0 Å². The third-order valence-corrected chi connectivity index (χ3v) is 2.80. The third-order valence-electron chi connectivity index (χ3n) is 2.80. The first-order valence-corrected chi connectivity index (χ1v) is 4.51. The molecule has 1 aliphatic rings. The topological polar surface area (TPSA) is 54.7 Å². The predicted molar refractivity (Wildman–Crippen MR) is 51.2 cm³/mol. The van der Waals surface area contributed by atoms with Crippen molar-refractivity contribution in [3.05, 3.63) is 30.0 Å². The second kappa shape index (κ2) is 2.12. The highest BCUT2D eigenvalue weighted by Crippen LogP contribution is 2.44. The normalized spacial score (nSPS) is 19.2. The number of hydrogen-bond acceptors (Lipinski definition) is 2. The van der Waals surface area contributed by atoms with Crippen LogP contribution in [-0.4, -0.2) is 10.2 Å². The van der Waals surface area contributed by atoms with Crippen molar-refractivity contribution in [1.29, 1.82) is 0 Å². The van der Waals surface area contributed by atoms with E-state index in [0.29, 0.717) is 0 Å². The van der Waals surface area contributed by atoms with Gasteiger partial charge in [0.05, 0.1) is 11.7 Å². The maximum Gasteiger partial charge on any atom is 0.0700 e. The van der Waals surface area contributed by atoms with Crippen molar-refractivity contribution in [3.8, 4) is 0 Å². The largest absolute Gasteiger partial charge is 0.321 e. The highest BCUT2D eigenvalue weighted by atomic mass is 15.1. The number of hydrogen-bond donors (Lipinski definition) is 2. The van der Waals surface area contributed by atoms with E-state index >= 15 is 0 Å². The lowest BCUT2D eigenvalue weighted by Crippen LogP contribution is -2.18. The minimum absolute atomic E-state index is 0.0773. The molecule has 1 fully saturated rings. The maximum atomic E-state index is 6.15. The zero-order valence-corrected chi connectivity index (χ0v) is 7.25. The van der Waals surface area contributed by atoms with Crippen LogP contribution in [0, 0.1) is 0 Å². The van der Waals surface area contributed by atoms with Crippen molar-refractivity contribution < 1.29 is 0 Å². The lowest BCUT2D eigenvalue weighted by atomic mass is 10.0. The summed E-state index contributed by atoms with van der Waals surface area (Å²) in [7, 11) is 0. The molecule has 3 rings (SSSR count). The SMILES string of the molecule is NC1(c2cccc3cn[nH]c23)CC1. The zero-order valence-electron chi connectivity index (χ0n) is 7.25. The van der Waals surface area contributed by atoms with Crippen LogP contribution in [-0.2, 0) is 5.54 Å². The molecule has 0 saturated heterocycles. The lowest BCUT2D eigenvalue weighted by Gasteiger charge is -2.09. The van der Waals surface area contributed by atoms with Crippen LogP contribution < -0.4 is 5.73 Å². The Morgan fingerprint density at radius 3 is 3.00 bits per heavy atom. The highest BCUT2D eigenvalue weighted by molar-refractivity contribution is 5.82. The molecule has 1 aromatic carbocycles. The molecule has 0 atom stereocenters. The van der Waals surface area contributed by atoms with Crippen LogP contribution in [0.5, 0.6) is 0 Å². The molecule has 0 spiro atoms. The Kier molecular flexibility index (Phi) is 1.15. The Labute approximate surface area is 75.9 Å². The van der Waals surface area contributed by atoms with Gasteiger partial charge in [0, 0.05) is 10.9 Å². The van der Waals surface area contributed by atoms with Gasteiger partial charge in [0.1, 0.15) is 0 Å². The van der Waals surface area contributed by atoms with E-state index in [-0.39, 0.29) is 5.54 Å². The molecule has 1 aromatic heterocycles. The van der Waals surface area contributed by atoms with E-state index in [9.17, 15) is 0 Å². The standard InChI is InChI=1S/C10H11N3/c11-10(4-5-10)8-3-1-2-7-6-12-13-9(7)8/h1-3,6H,4-5,11H2,(H,12,13). The first kappa shape index (κ1) is 7.09. The predicted octanol–water partition coefficient (Wildman–Crippen LogP) is 1.51. The Hall–Kier alpha value is -1.35. The van der Waals surface area contributed by atoms with Crippen LogP contribution in [0.3, 0.4) is 0 Å². The molecular weight excluding hydrogens is 162 g/mol. The molecule has 1 saturated carbocycles. The van der Waals surface area contributed by atoms with E-state index in [1.165, 1.54) is 5.56 Å². The molecule has 1 aliphatic carbocycles. The maximum absolute atomic E-state index is 6.15. The van der Waals surface area contributed by atoms with E-state index < -0.39 is 0 Å². The van der Waals surface area contributed by atoms with Crippen LogP contribution in [0.15, 0.2) is 24.4 Å². The van der Waals surface area contributed by atoms with Crippen molar-refractivity contribution in [3.63, 3.8) is 0 Å². The number of nitrogens with zero attached hydrogens (tertiary/aromatic N) is 1. The number of benzene rings is 1. The monoisotopic (exact) mass is 173 g/mol. The van der Waals surface area contributed by atoms with Crippen molar-refractivity contribution >= 4 is 10.9 Å². The Morgan fingerprint density at radius 2 is 2.23 bits per heavy atom. The van der Waals surface area contributed by atoms with E-state index in [4.69, 9.17) is 5.73 Å². The fraction of sp³-hybridized carbons (Fsp3) is 0.300. The quantitative estimate of drug-likeness (QED) is 0.686. The summed E-state index contributed by atoms with van der Waals surface area (Å²) >= 11 is 0. The van der Waals surface area contributed by atoms with E-state index in [0.717, 1.165) is 23.7 Å². The molecule has 0 aliphatic heterocycles. The lowest BCUT2D eigenvalue weighted by molar-refractivity contribution is 0.745. The van der Waals surface area contributed by atoms with Gasteiger partial charge in [-0.25, -0.2) is 0 Å². The minimum Gasteiger partial charge on any atom is -0.321 e. The fourth-order valence-corrected chi connectivity index (χ4v) is 1.79. The van der Waals surface area contributed by atoms with Gasteiger partial charge in [-0.15, -0.1) is 0 Å². The van der Waals surface area contributed by atoms with Gasteiger partial charge in [-0.05, 0) is 18.4 Å². The molecule has 2 aromatic rings. The molecule has 0 amide bonds.